The summed E-state index contributed by atoms with van der Waals surface area (Å²) in [5, 5.41) is 0. The number of hydrogen-bond acceptors (Lipinski definition) is 1. The lowest BCUT2D eigenvalue weighted by Crippen LogP contribution is -2.29. The number of amides is 1. The van der Waals surface area contributed by atoms with Crippen molar-refractivity contribution in [3.05, 3.63) is 25.3 Å². The first-order chi connectivity index (χ1) is 6.16. The van der Waals surface area contributed by atoms with Gasteiger partial charge in [0.05, 0.1) is 5.41 Å². The normalized spacial score (nSPS) is 20.4. The number of hydrogen-bond donors (Lipinski definition) is 0. The van der Waals surface area contributed by atoms with E-state index in [-0.39, 0.29) is 11.3 Å². The van der Waals surface area contributed by atoms with Crippen molar-refractivity contribution in [2.45, 2.75) is 19.3 Å². The molecule has 72 valence electrons. The van der Waals surface area contributed by atoms with Crippen LogP contribution < -0.4 is 0 Å². The molecule has 13 heavy (non-hydrogen) atoms. The molecule has 1 fully saturated rings. The summed E-state index contributed by atoms with van der Waals surface area (Å²) in [5.74, 6) is 0.00830. The summed E-state index contributed by atoms with van der Waals surface area (Å²) in [6, 6.07) is 0. The third kappa shape index (κ3) is 1.78. The fraction of sp³-hybridized carbons (Fsp3) is 0.500. The van der Waals surface area contributed by atoms with Crippen molar-refractivity contribution in [3.63, 3.8) is 0 Å². The molecule has 1 rings (SSSR count). The molecule has 2 nitrogen and oxygen atoms in total. The summed E-state index contributed by atoms with van der Waals surface area (Å²) in [7, 11) is 0. The molecular formula is C10H14ClNO. The maximum Gasteiger partial charge on any atom is 0.243 e. The first-order valence-corrected chi connectivity index (χ1v) is 4.69. The number of allylic oxidation sites excluding steroid dienone is 2. The number of rotatable bonds is 4. The third-order valence-corrected chi connectivity index (χ3v) is 2.85. The fourth-order valence-electron chi connectivity index (χ4n) is 1.79. The lowest BCUT2D eigenvalue weighted by molar-refractivity contribution is -0.132. The summed E-state index contributed by atoms with van der Waals surface area (Å²) >= 11 is 5.73. The molecule has 0 spiro atoms. The molecule has 0 saturated carbocycles. The Kier molecular flexibility index (Phi) is 3.15. The third-order valence-electron chi connectivity index (χ3n) is 2.53. The first kappa shape index (κ1) is 10.3. The van der Waals surface area contributed by atoms with Crippen LogP contribution in [0.4, 0.5) is 0 Å². The van der Waals surface area contributed by atoms with E-state index in [4.69, 9.17) is 11.8 Å². The predicted octanol–water partition coefficient (Wildman–Crippen LogP) is 2.51. The first-order valence-electron chi connectivity index (χ1n) is 4.36. The Hall–Kier alpha value is -0.760. The van der Waals surface area contributed by atoms with Gasteiger partial charge in [-0.1, -0.05) is 12.2 Å². The molecule has 1 saturated heterocycles. The number of carbonyl (C=O) groups excluding carboxylic acids is 1. The lowest BCUT2D eigenvalue weighted by atomic mass is 9.80. The monoisotopic (exact) mass is 199 g/mol. The van der Waals surface area contributed by atoms with E-state index in [1.807, 2.05) is 0 Å². The Morgan fingerprint density at radius 1 is 1.46 bits per heavy atom. The van der Waals surface area contributed by atoms with Crippen LogP contribution in [0.5, 0.6) is 0 Å². The molecule has 1 heterocycles. The number of nitrogens with zero attached hydrogens (tertiary/aromatic N) is 1. The fourth-order valence-corrected chi connectivity index (χ4v) is 2.06. The Bertz CT molecular complexity index is 227. The molecule has 1 aliphatic rings. The summed E-state index contributed by atoms with van der Waals surface area (Å²) in [5.41, 5.74) is -0.356. The van der Waals surface area contributed by atoms with Crippen molar-refractivity contribution in [2.75, 3.05) is 6.54 Å². The summed E-state index contributed by atoms with van der Waals surface area (Å²) in [6.45, 7) is 7.95. The average molecular weight is 200 g/mol. The SMILES string of the molecule is C=CCC1(CC=C)CCN(Cl)C1=O. The standard InChI is InChI=1S/C10H14ClNO/c1-3-5-10(6-4-2)7-8-12(11)9(10)13/h3-4H,1-2,5-8H2. The molecule has 0 unspecified atom stereocenters. The van der Waals surface area contributed by atoms with E-state index < -0.39 is 0 Å². The Labute approximate surface area is 84.0 Å². The van der Waals surface area contributed by atoms with Crippen LogP contribution in [0.2, 0.25) is 0 Å². The van der Waals surface area contributed by atoms with Gasteiger partial charge in [0.15, 0.2) is 0 Å². The molecule has 0 aliphatic carbocycles. The van der Waals surface area contributed by atoms with Crippen LogP contribution in [0.25, 0.3) is 0 Å². The van der Waals surface area contributed by atoms with Crippen LogP contribution in [0, 0.1) is 5.41 Å². The zero-order valence-corrected chi connectivity index (χ0v) is 8.39. The van der Waals surface area contributed by atoms with Gasteiger partial charge in [-0.3, -0.25) is 9.21 Å². The van der Waals surface area contributed by atoms with Crippen molar-refractivity contribution in [1.29, 1.82) is 0 Å². The van der Waals surface area contributed by atoms with Crippen LogP contribution >= 0.6 is 11.8 Å². The van der Waals surface area contributed by atoms with Crippen LogP contribution in [0.1, 0.15) is 19.3 Å². The molecule has 1 aliphatic heterocycles. The van der Waals surface area contributed by atoms with Crippen molar-refractivity contribution in [1.82, 2.24) is 4.42 Å². The highest BCUT2D eigenvalue weighted by atomic mass is 35.5. The average Bonchev–Trinajstić information content (AvgIpc) is 2.36. The predicted molar refractivity (Wildman–Crippen MR) is 54.2 cm³/mol. The second-order valence-corrected chi connectivity index (χ2v) is 3.81. The molecule has 0 aromatic rings. The molecule has 3 heteroatoms. The van der Waals surface area contributed by atoms with E-state index in [0.717, 1.165) is 6.42 Å². The molecule has 0 N–H and O–H groups in total. The molecular weight excluding hydrogens is 186 g/mol. The van der Waals surface area contributed by atoms with Gasteiger partial charge in [-0.15, -0.1) is 13.2 Å². The molecule has 0 aromatic carbocycles. The van der Waals surface area contributed by atoms with Gasteiger partial charge in [-0.25, -0.2) is 0 Å². The van der Waals surface area contributed by atoms with Gasteiger partial charge in [0.2, 0.25) is 5.91 Å². The van der Waals surface area contributed by atoms with Crippen molar-refractivity contribution in [3.8, 4) is 0 Å². The maximum absolute atomic E-state index is 11.7. The van der Waals surface area contributed by atoms with Gasteiger partial charge in [-0.2, -0.15) is 0 Å². The van der Waals surface area contributed by atoms with Gasteiger partial charge in [0.1, 0.15) is 0 Å². The molecule has 0 atom stereocenters. The minimum atomic E-state index is -0.356. The second kappa shape index (κ2) is 3.97. The molecule has 0 aromatic heterocycles. The highest BCUT2D eigenvalue weighted by Gasteiger charge is 2.44. The largest absolute Gasteiger partial charge is 0.273 e. The van der Waals surface area contributed by atoms with Gasteiger partial charge in [-0.05, 0) is 19.3 Å². The van der Waals surface area contributed by atoms with Gasteiger partial charge < -0.3 is 0 Å². The van der Waals surface area contributed by atoms with E-state index in [2.05, 4.69) is 13.2 Å². The lowest BCUT2D eigenvalue weighted by Gasteiger charge is -2.23. The highest BCUT2D eigenvalue weighted by Crippen LogP contribution is 2.39. The number of carbonyl (C=O) groups is 1. The Morgan fingerprint density at radius 2 is 2.00 bits per heavy atom. The zero-order valence-electron chi connectivity index (χ0n) is 7.63. The van der Waals surface area contributed by atoms with Crippen molar-refractivity contribution in [2.24, 2.45) is 5.41 Å². The smallest absolute Gasteiger partial charge is 0.243 e. The van der Waals surface area contributed by atoms with Gasteiger partial charge in [0.25, 0.3) is 0 Å². The van der Waals surface area contributed by atoms with E-state index >= 15 is 0 Å². The van der Waals surface area contributed by atoms with Crippen molar-refractivity contribution >= 4 is 17.7 Å². The Balaban J connectivity index is 2.84. The van der Waals surface area contributed by atoms with Gasteiger partial charge in [0, 0.05) is 18.3 Å². The molecule has 0 radical (unpaired) electrons. The summed E-state index contributed by atoms with van der Waals surface area (Å²) in [6.07, 6.45) is 5.71. The van der Waals surface area contributed by atoms with Crippen LogP contribution in [0.15, 0.2) is 25.3 Å². The van der Waals surface area contributed by atoms with E-state index in [1.54, 1.807) is 12.2 Å². The molecule has 1 amide bonds. The van der Waals surface area contributed by atoms with E-state index in [0.29, 0.717) is 19.4 Å². The van der Waals surface area contributed by atoms with Crippen LogP contribution in [-0.4, -0.2) is 16.9 Å². The topological polar surface area (TPSA) is 20.3 Å². The summed E-state index contributed by atoms with van der Waals surface area (Å²) < 4.78 is 1.27. The summed E-state index contributed by atoms with van der Waals surface area (Å²) in [4.78, 5) is 11.7. The molecule has 0 bridgehead atoms. The number of halogens is 1. The zero-order chi connectivity index (χ0) is 9.90. The quantitative estimate of drug-likeness (QED) is 0.503. The second-order valence-electron chi connectivity index (χ2n) is 3.41. The van der Waals surface area contributed by atoms with Crippen LogP contribution in [-0.2, 0) is 4.79 Å². The van der Waals surface area contributed by atoms with E-state index in [1.165, 1.54) is 4.42 Å². The van der Waals surface area contributed by atoms with Crippen LogP contribution in [0.3, 0.4) is 0 Å². The highest BCUT2D eigenvalue weighted by molar-refractivity contribution is 6.22. The Morgan fingerprint density at radius 3 is 2.31 bits per heavy atom. The van der Waals surface area contributed by atoms with E-state index in [9.17, 15) is 4.79 Å². The van der Waals surface area contributed by atoms with Gasteiger partial charge >= 0.3 is 0 Å². The van der Waals surface area contributed by atoms with Crippen molar-refractivity contribution < 1.29 is 4.79 Å². The minimum Gasteiger partial charge on any atom is -0.273 e. The minimum absolute atomic E-state index is 0.00830. The maximum atomic E-state index is 11.7.